The van der Waals surface area contributed by atoms with Gasteiger partial charge in [0.2, 0.25) is 0 Å². The molecule has 2 aromatic carbocycles. The minimum atomic E-state index is -3.15. The highest BCUT2D eigenvalue weighted by Gasteiger charge is 2.33. The molecule has 2 aromatic heterocycles. The molecule has 37 heavy (non-hydrogen) atoms. The van der Waals surface area contributed by atoms with E-state index in [1.807, 2.05) is 30.5 Å². The second kappa shape index (κ2) is 10.2. The third-order valence-corrected chi connectivity index (χ3v) is 5.76. The highest BCUT2D eigenvalue weighted by atomic mass is 19.3. The quantitative estimate of drug-likeness (QED) is 0.292. The Morgan fingerprint density at radius 2 is 1.78 bits per heavy atom. The molecule has 0 unspecified atom stereocenters. The fourth-order valence-corrected chi connectivity index (χ4v) is 3.85. The fraction of sp³-hybridized carbons (Fsp3) is 0.259. The third-order valence-electron chi connectivity index (χ3n) is 5.76. The van der Waals surface area contributed by atoms with Crippen LogP contribution in [0.25, 0.3) is 22.2 Å². The van der Waals surface area contributed by atoms with Crippen molar-refractivity contribution in [3.05, 3.63) is 66.5 Å². The molecule has 8 nitrogen and oxygen atoms in total. The Morgan fingerprint density at radius 3 is 2.38 bits per heavy atom. The van der Waals surface area contributed by atoms with Crippen LogP contribution in [-0.2, 0) is 4.74 Å². The van der Waals surface area contributed by atoms with Crippen LogP contribution in [0.3, 0.4) is 0 Å². The number of hydrogen-bond donors (Lipinski definition) is 1. The predicted molar refractivity (Wildman–Crippen MR) is 135 cm³/mol. The molecule has 1 N–H and O–H groups in total. The summed E-state index contributed by atoms with van der Waals surface area (Å²) in [6, 6.07) is 16.4. The van der Waals surface area contributed by atoms with Gasteiger partial charge in [0.05, 0.1) is 16.8 Å². The largest absolute Gasteiger partial charge is 0.440 e. The first kappa shape index (κ1) is 25.6. The summed E-state index contributed by atoms with van der Waals surface area (Å²) in [6.45, 7) is 5.83. The van der Waals surface area contributed by atoms with Crippen molar-refractivity contribution < 1.29 is 23.0 Å². The summed E-state index contributed by atoms with van der Waals surface area (Å²) < 4.78 is 39.2. The maximum absolute atomic E-state index is 13.3. The molecule has 0 aliphatic heterocycles. The lowest BCUT2D eigenvalue weighted by molar-refractivity contribution is -0.0856. The van der Waals surface area contributed by atoms with Crippen LogP contribution in [0.5, 0.6) is 11.8 Å². The van der Waals surface area contributed by atoms with Gasteiger partial charge in [-0.15, -0.1) is 0 Å². The van der Waals surface area contributed by atoms with Gasteiger partial charge in [-0.2, -0.15) is 5.26 Å². The number of nitrogens with one attached hydrogen (secondary N) is 1. The average Bonchev–Trinajstić information content (AvgIpc) is 3.18. The number of ether oxygens (including phenoxy) is 2. The van der Waals surface area contributed by atoms with Gasteiger partial charge in [-0.05, 0) is 56.7 Å². The molecule has 0 saturated heterocycles. The van der Waals surface area contributed by atoms with E-state index in [1.54, 1.807) is 48.8 Å². The smallest absolute Gasteiger partial charge is 0.412 e. The molecule has 0 saturated carbocycles. The standard InChI is InChI=1S/C27H25F2N5O3/c1-16(2)34-23-14-20(37-25-31-12-5-13-32-25)10-11-21(23)22(15-30)24(34)18-6-8-19(9-7-18)33-26(35)36-17(3)27(4,28)29/h5-14,16-17H,1-4H3,(H,33,35)/t17-/m1/s1. The van der Waals surface area contributed by atoms with E-state index in [2.05, 4.69) is 21.4 Å². The number of nitriles is 1. The molecule has 190 valence electrons. The SMILES string of the molecule is CC(C)n1c(-c2ccc(NC(=O)O[C@H](C)C(C)(F)F)cc2)c(C#N)c2ccc(Oc3ncccn3)cc21. The van der Waals surface area contributed by atoms with Gasteiger partial charge in [0.25, 0.3) is 5.92 Å². The zero-order chi connectivity index (χ0) is 26.7. The van der Waals surface area contributed by atoms with Crippen molar-refractivity contribution >= 4 is 22.7 Å². The van der Waals surface area contributed by atoms with E-state index in [-0.39, 0.29) is 12.1 Å². The number of hydrogen-bond acceptors (Lipinski definition) is 6. The van der Waals surface area contributed by atoms with Crippen LogP contribution in [0.4, 0.5) is 19.3 Å². The highest BCUT2D eigenvalue weighted by molar-refractivity contribution is 5.96. The maximum atomic E-state index is 13.3. The Kier molecular flexibility index (Phi) is 7.07. The predicted octanol–water partition coefficient (Wildman–Crippen LogP) is 6.94. The van der Waals surface area contributed by atoms with E-state index >= 15 is 0 Å². The number of rotatable bonds is 7. The summed E-state index contributed by atoms with van der Waals surface area (Å²) in [7, 11) is 0. The van der Waals surface area contributed by atoms with E-state index in [0.29, 0.717) is 29.6 Å². The van der Waals surface area contributed by atoms with Crippen molar-refractivity contribution in [1.29, 1.82) is 5.26 Å². The Labute approximate surface area is 212 Å². The zero-order valence-corrected chi connectivity index (χ0v) is 20.7. The molecule has 2 heterocycles. The average molecular weight is 506 g/mol. The van der Waals surface area contributed by atoms with Gasteiger partial charge in [0, 0.05) is 42.5 Å². The number of fused-ring (bicyclic) bond motifs is 1. The molecule has 1 atom stereocenters. The van der Waals surface area contributed by atoms with Crippen LogP contribution in [-0.4, -0.2) is 32.7 Å². The van der Waals surface area contributed by atoms with Crippen LogP contribution in [0, 0.1) is 11.3 Å². The van der Waals surface area contributed by atoms with Crippen LogP contribution >= 0.6 is 0 Å². The number of carbonyl (C=O) groups excluding carboxylic acids is 1. The summed E-state index contributed by atoms with van der Waals surface area (Å²) in [5.41, 5.74) is 3.10. The van der Waals surface area contributed by atoms with E-state index in [9.17, 15) is 18.8 Å². The molecule has 0 aliphatic carbocycles. The Bertz CT molecular complexity index is 1460. The minimum Gasteiger partial charge on any atom is -0.440 e. The normalized spacial score (nSPS) is 12.3. The van der Waals surface area contributed by atoms with Gasteiger partial charge in [0.1, 0.15) is 11.8 Å². The third kappa shape index (κ3) is 5.51. The summed E-state index contributed by atoms with van der Waals surface area (Å²) in [5.74, 6) is -2.63. The molecule has 0 bridgehead atoms. The lowest BCUT2D eigenvalue weighted by atomic mass is 10.1. The van der Waals surface area contributed by atoms with E-state index < -0.39 is 18.1 Å². The van der Waals surface area contributed by atoms with Crippen molar-refractivity contribution in [2.75, 3.05) is 5.32 Å². The lowest BCUT2D eigenvalue weighted by Crippen LogP contribution is -2.33. The van der Waals surface area contributed by atoms with Gasteiger partial charge in [-0.25, -0.2) is 23.5 Å². The number of carbonyl (C=O) groups is 1. The molecule has 0 aliphatic rings. The maximum Gasteiger partial charge on any atom is 0.412 e. The molecule has 0 spiro atoms. The number of alkyl halides is 2. The van der Waals surface area contributed by atoms with E-state index in [4.69, 9.17) is 9.47 Å². The van der Waals surface area contributed by atoms with Gasteiger partial charge in [0.15, 0.2) is 6.10 Å². The van der Waals surface area contributed by atoms with Crippen molar-refractivity contribution in [3.63, 3.8) is 0 Å². The first-order valence-corrected chi connectivity index (χ1v) is 11.6. The molecule has 0 radical (unpaired) electrons. The molecule has 10 heteroatoms. The summed E-state index contributed by atoms with van der Waals surface area (Å²) in [4.78, 5) is 20.2. The highest BCUT2D eigenvalue weighted by Crippen LogP contribution is 2.38. The van der Waals surface area contributed by atoms with E-state index in [1.165, 1.54) is 0 Å². The molecule has 0 fully saturated rings. The van der Waals surface area contributed by atoms with Gasteiger partial charge in [-0.3, -0.25) is 5.32 Å². The second-order valence-electron chi connectivity index (χ2n) is 8.82. The number of amides is 1. The topological polar surface area (TPSA) is 102 Å². The number of anilines is 1. The van der Waals surface area contributed by atoms with Crippen LogP contribution < -0.4 is 10.1 Å². The minimum absolute atomic E-state index is 0.00666. The van der Waals surface area contributed by atoms with Gasteiger partial charge in [-0.1, -0.05) is 12.1 Å². The lowest BCUT2D eigenvalue weighted by Gasteiger charge is -2.20. The Hall–Kier alpha value is -4.52. The molecular weight excluding hydrogens is 480 g/mol. The van der Waals surface area contributed by atoms with Gasteiger partial charge < -0.3 is 14.0 Å². The Balaban J connectivity index is 1.67. The number of aromatic nitrogens is 3. The fourth-order valence-electron chi connectivity index (χ4n) is 3.85. The van der Waals surface area contributed by atoms with Crippen molar-refractivity contribution in [2.24, 2.45) is 0 Å². The monoisotopic (exact) mass is 505 g/mol. The van der Waals surface area contributed by atoms with Crippen molar-refractivity contribution in [2.45, 2.75) is 45.8 Å². The molecule has 4 aromatic rings. The van der Waals surface area contributed by atoms with Crippen LogP contribution in [0.15, 0.2) is 60.9 Å². The first-order chi connectivity index (χ1) is 17.6. The summed E-state index contributed by atoms with van der Waals surface area (Å²) in [6.07, 6.45) is 0.614. The molecular formula is C27H25F2N5O3. The Morgan fingerprint density at radius 1 is 1.11 bits per heavy atom. The first-order valence-electron chi connectivity index (χ1n) is 11.6. The zero-order valence-electron chi connectivity index (χ0n) is 20.7. The van der Waals surface area contributed by atoms with Crippen molar-refractivity contribution in [1.82, 2.24) is 14.5 Å². The van der Waals surface area contributed by atoms with Crippen LogP contribution in [0.2, 0.25) is 0 Å². The summed E-state index contributed by atoms with van der Waals surface area (Å²) in [5, 5.41) is 13.3. The second-order valence-corrected chi connectivity index (χ2v) is 8.82. The van der Waals surface area contributed by atoms with E-state index in [0.717, 1.165) is 23.4 Å². The number of nitrogens with zero attached hydrogens (tertiary/aromatic N) is 4. The summed E-state index contributed by atoms with van der Waals surface area (Å²) >= 11 is 0. The van der Waals surface area contributed by atoms with Gasteiger partial charge >= 0.3 is 12.1 Å². The van der Waals surface area contributed by atoms with Crippen molar-refractivity contribution in [3.8, 4) is 29.1 Å². The number of halogens is 2. The molecule has 4 rings (SSSR count). The molecule has 1 amide bonds. The number of benzene rings is 2. The van der Waals surface area contributed by atoms with Crippen LogP contribution in [0.1, 0.15) is 39.3 Å².